The van der Waals surface area contributed by atoms with Crippen LogP contribution in [0.4, 0.5) is 0 Å². The van der Waals surface area contributed by atoms with E-state index in [2.05, 4.69) is 42.8 Å². The predicted octanol–water partition coefficient (Wildman–Crippen LogP) is 2.98. The highest BCUT2D eigenvalue weighted by molar-refractivity contribution is 5.21. The average Bonchev–Trinajstić information content (AvgIpc) is 2.29. The summed E-state index contributed by atoms with van der Waals surface area (Å²) in [6.07, 6.45) is 4.59. The van der Waals surface area contributed by atoms with Gasteiger partial charge in [0.25, 0.3) is 0 Å². The predicted molar refractivity (Wildman–Crippen MR) is 67.7 cm³/mol. The minimum Gasteiger partial charge on any atom is -0.300 e. The van der Waals surface area contributed by atoms with E-state index < -0.39 is 0 Å². The van der Waals surface area contributed by atoms with Crippen molar-refractivity contribution in [2.75, 3.05) is 13.1 Å². The Balaban J connectivity index is 2.09. The van der Waals surface area contributed by atoms with Gasteiger partial charge in [0.05, 0.1) is 0 Å². The van der Waals surface area contributed by atoms with E-state index in [1.54, 1.807) is 0 Å². The molecule has 2 rings (SSSR count). The molecule has 0 aromatic carbocycles. The van der Waals surface area contributed by atoms with E-state index in [0.29, 0.717) is 12.0 Å². The molecule has 88 valence electrons. The molecule has 0 saturated carbocycles. The van der Waals surface area contributed by atoms with Gasteiger partial charge in [-0.05, 0) is 63.8 Å². The molecule has 1 aromatic rings. The number of hydrogen-bond acceptors (Lipinski definition) is 2. The first-order valence-electron chi connectivity index (χ1n) is 6.33. The second kappa shape index (κ2) is 4.96. The number of pyridine rings is 1. The van der Waals surface area contributed by atoms with Crippen LogP contribution in [-0.2, 0) is 0 Å². The Morgan fingerprint density at radius 2 is 2.25 bits per heavy atom. The van der Waals surface area contributed by atoms with Gasteiger partial charge in [0, 0.05) is 24.5 Å². The lowest BCUT2D eigenvalue weighted by molar-refractivity contribution is 0.167. The number of aryl methyl sites for hydroxylation is 1. The molecule has 0 aliphatic carbocycles. The van der Waals surface area contributed by atoms with E-state index in [9.17, 15) is 0 Å². The van der Waals surface area contributed by atoms with Crippen molar-refractivity contribution in [1.82, 2.24) is 9.88 Å². The molecule has 0 spiro atoms. The number of likely N-dealkylation sites (tertiary alicyclic amines) is 1. The SMILES string of the molecule is Cc1cc(C2CCCN(C(C)C)C2)ccn1. The lowest BCUT2D eigenvalue weighted by Crippen LogP contribution is -2.39. The van der Waals surface area contributed by atoms with E-state index >= 15 is 0 Å². The van der Waals surface area contributed by atoms with Crippen molar-refractivity contribution in [3.63, 3.8) is 0 Å². The normalized spacial score (nSPS) is 22.6. The van der Waals surface area contributed by atoms with Gasteiger partial charge in [-0.2, -0.15) is 0 Å². The quantitative estimate of drug-likeness (QED) is 0.758. The standard InChI is InChI=1S/C14H22N2/c1-11(2)16-8-4-5-14(10-16)13-6-7-15-12(3)9-13/h6-7,9,11,14H,4-5,8,10H2,1-3H3. The Kier molecular flexibility index (Phi) is 3.59. The molecule has 1 aromatic heterocycles. The first kappa shape index (κ1) is 11.6. The molecular weight excluding hydrogens is 196 g/mol. The average molecular weight is 218 g/mol. The monoisotopic (exact) mass is 218 g/mol. The Hall–Kier alpha value is -0.890. The van der Waals surface area contributed by atoms with Gasteiger partial charge in [-0.3, -0.25) is 4.98 Å². The fourth-order valence-corrected chi connectivity index (χ4v) is 2.57. The van der Waals surface area contributed by atoms with Crippen LogP contribution in [0.1, 0.15) is 43.9 Å². The van der Waals surface area contributed by atoms with Crippen molar-refractivity contribution in [3.05, 3.63) is 29.6 Å². The number of hydrogen-bond donors (Lipinski definition) is 0. The van der Waals surface area contributed by atoms with Crippen molar-refractivity contribution in [1.29, 1.82) is 0 Å². The highest BCUT2D eigenvalue weighted by Crippen LogP contribution is 2.27. The summed E-state index contributed by atoms with van der Waals surface area (Å²) in [5.74, 6) is 0.706. The van der Waals surface area contributed by atoms with Gasteiger partial charge >= 0.3 is 0 Å². The van der Waals surface area contributed by atoms with Crippen molar-refractivity contribution >= 4 is 0 Å². The van der Waals surface area contributed by atoms with E-state index in [-0.39, 0.29) is 0 Å². The molecule has 1 aliphatic rings. The summed E-state index contributed by atoms with van der Waals surface area (Å²) in [5, 5.41) is 0. The summed E-state index contributed by atoms with van der Waals surface area (Å²) in [7, 11) is 0. The van der Waals surface area contributed by atoms with Crippen LogP contribution >= 0.6 is 0 Å². The fourth-order valence-electron chi connectivity index (χ4n) is 2.57. The zero-order valence-corrected chi connectivity index (χ0v) is 10.6. The molecule has 1 atom stereocenters. The van der Waals surface area contributed by atoms with Gasteiger partial charge in [-0.15, -0.1) is 0 Å². The topological polar surface area (TPSA) is 16.1 Å². The number of nitrogens with zero attached hydrogens (tertiary/aromatic N) is 2. The highest BCUT2D eigenvalue weighted by atomic mass is 15.2. The largest absolute Gasteiger partial charge is 0.300 e. The maximum absolute atomic E-state index is 4.28. The molecule has 0 bridgehead atoms. The minimum absolute atomic E-state index is 0.672. The van der Waals surface area contributed by atoms with Gasteiger partial charge in [0.15, 0.2) is 0 Å². The second-order valence-corrected chi connectivity index (χ2v) is 5.16. The summed E-state index contributed by atoms with van der Waals surface area (Å²) in [5.41, 5.74) is 2.61. The third-order valence-electron chi connectivity index (χ3n) is 3.58. The van der Waals surface area contributed by atoms with Gasteiger partial charge in [0.2, 0.25) is 0 Å². The van der Waals surface area contributed by atoms with Crippen molar-refractivity contribution in [3.8, 4) is 0 Å². The van der Waals surface area contributed by atoms with E-state index in [4.69, 9.17) is 0 Å². The Labute approximate surface area is 98.7 Å². The summed E-state index contributed by atoms with van der Waals surface area (Å²) in [6, 6.07) is 5.10. The lowest BCUT2D eigenvalue weighted by atomic mass is 9.90. The Morgan fingerprint density at radius 1 is 1.44 bits per heavy atom. The van der Waals surface area contributed by atoms with Crippen molar-refractivity contribution in [2.45, 2.75) is 45.6 Å². The summed E-state index contributed by atoms with van der Waals surface area (Å²) >= 11 is 0. The maximum atomic E-state index is 4.28. The van der Waals surface area contributed by atoms with Gasteiger partial charge in [-0.1, -0.05) is 0 Å². The molecule has 2 heteroatoms. The van der Waals surface area contributed by atoms with Gasteiger partial charge < -0.3 is 4.90 Å². The van der Waals surface area contributed by atoms with E-state index in [1.807, 2.05) is 6.20 Å². The van der Waals surface area contributed by atoms with Gasteiger partial charge in [0.1, 0.15) is 0 Å². The zero-order chi connectivity index (χ0) is 11.5. The molecule has 2 heterocycles. The lowest BCUT2D eigenvalue weighted by Gasteiger charge is -2.35. The van der Waals surface area contributed by atoms with Crippen molar-refractivity contribution < 1.29 is 0 Å². The molecule has 1 aliphatic heterocycles. The number of piperidine rings is 1. The second-order valence-electron chi connectivity index (χ2n) is 5.16. The molecule has 0 amide bonds. The van der Waals surface area contributed by atoms with Crippen LogP contribution in [0.15, 0.2) is 18.3 Å². The smallest absolute Gasteiger partial charge is 0.0375 e. The maximum Gasteiger partial charge on any atom is 0.0375 e. The highest BCUT2D eigenvalue weighted by Gasteiger charge is 2.22. The molecular formula is C14H22N2. The first-order valence-corrected chi connectivity index (χ1v) is 6.33. The van der Waals surface area contributed by atoms with Gasteiger partial charge in [-0.25, -0.2) is 0 Å². The number of rotatable bonds is 2. The molecule has 1 unspecified atom stereocenters. The van der Waals surface area contributed by atoms with E-state index in [0.717, 1.165) is 5.69 Å². The van der Waals surface area contributed by atoms with Crippen LogP contribution in [0.2, 0.25) is 0 Å². The first-order chi connectivity index (χ1) is 7.66. The van der Waals surface area contributed by atoms with Crippen LogP contribution in [0, 0.1) is 6.92 Å². The Morgan fingerprint density at radius 3 is 2.94 bits per heavy atom. The molecule has 0 N–H and O–H groups in total. The summed E-state index contributed by atoms with van der Waals surface area (Å²) in [6.45, 7) is 9.13. The van der Waals surface area contributed by atoms with Crippen LogP contribution in [0.5, 0.6) is 0 Å². The molecule has 1 saturated heterocycles. The number of aromatic nitrogens is 1. The van der Waals surface area contributed by atoms with Crippen LogP contribution < -0.4 is 0 Å². The molecule has 1 fully saturated rings. The van der Waals surface area contributed by atoms with Crippen LogP contribution in [-0.4, -0.2) is 29.0 Å². The fraction of sp³-hybridized carbons (Fsp3) is 0.643. The van der Waals surface area contributed by atoms with E-state index in [1.165, 1.54) is 31.5 Å². The van der Waals surface area contributed by atoms with Crippen LogP contribution in [0.25, 0.3) is 0 Å². The molecule has 0 radical (unpaired) electrons. The summed E-state index contributed by atoms with van der Waals surface area (Å²) < 4.78 is 0. The van der Waals surface area contributed by atoms with Crippen molar-refractivity contribution in [2.24, 2.45) is 0 Å². The third-order valence-corrected chi connectivity index (χ3v) is 3.58. The minimum atomic E-state index is 0.672. The third kappa shape index (κ3) is 2.62. The zero-order valence-electron chi connectivity index (χ0n) is 10.6. The molecule has 16 heavy (non-hydrogen) atoms. The summed E-state index contributed by atoms with van der Waals surface area (Å²) in [4.78, 5) is 6.86. The molecule has 2 nitrogen and oxygen atoms in total. The van der Waals surface area contributed by atoms with Crippen LogP contribution in [0.3, 0.4) is 0 Å². The Bertz CT molecular complexity index is 346.